The van der Waals surface area contributed by atoms with Gasteiger partial charge in [0.15, 0.2) is 11.5 Å². The number of ether oxygens (including phenoxy) is 2. The zero-order chi connectivity index (χ0) is 14.2. The van der Waals surface area contributed by atoms with Gasteiger partial charge in [-0.25, -0.2) is 0 Å². The predicted octanol–water partition coefficient (Wildman–Crippen LogP) is 3.56. The molecule has 0 unspecified atom stereocenters. The van der Waals surface area contributed by atoms with Crippen molar-refractivity contribution in [3.05, 3.63) is 23.8 Å². The first kappa shape index (κ1) is 15.2. The molecule has 1 aliphatic rings. The maximum Gasteiger partial charge on any atom is 0.161 e. The fraction of sp³-hybridized carbons (Fsp3) is 0.647. The predicted molar refractivity (Wildman–Crippen MR) is 82.7 cm³/mol. The van der Waals surface area contributed by atoms with Gasteiger partial charge >= 0.3 is 0 Å². The molecule has 0 radical (unpaired) electrons. The molecule has 1 aromatic rings. The SMILES string of the molecule is CCCc1ccc(OCC[C@H]2CCCCN2)c(OC)c1. The summed E-state index contributed by atoms with van der Waals surface area (Å²) in [6, 6.07) is 6.89. The van der Waals surface area contributed by atoms with Crippen LogP contribution >= 0.6 is 0 Å². The number of nitrogens with one attached hydrogen (secondary N) is 1. The van der Waals surface area contributed by atoms with Crippen molar-refractivity contribution < 1.29 is 9.47 Å². The minimum Gasteiger partial charge on any atom is -0.493 e. The van der Waals surface area contributed by atoms with Gasteiger partial charge in [0.2, 0.25) is 0 Å². The Morgan fingerprint density at radius 1 is 1.25 bits per heavy atom. The summed E-state index contributed by atoms with van der Waals surface area (Å²) in [5, 5.41) is 3.55. The van der Waals surface area contributed by atoms with Gasteiger partial charge in [-0.05, 0) is 49.9 Å². The third kappa shape index (κ3) is 4.41. The fourth-order valence-corrected chi connectivity index (χ4v) is 2.76. The van der Waals surface area contributed by atoms with Gasteiger partial charge in [-0.1, -0.05) is 25.8 Å². The maximum atomic E-state index is 5.90. The second kappa shape index (κ2) is 8.15. The molecule has 20 heavy (non-hydrogen) atoms. The average Bonchev–Trinajstić information content (AvgIpc) is 2.50. The lowest BCUT2D eigenvalue weighted by Gasteiger charge is -2.23. The van der Waals surface area contributed by atoms with Crippen molar-refractivity contribution in [3.63, 3.8) is 0 Å². The largest absolute Gasteiger partial charge is 0.493 e. The van der Waals surface area contributed by atoms with E-state index in [9.17, 15) is 0 Å². The van der Waals surface area contributed by atoms with Crippen LogP contribution in [-0.2, 0) is 6.42 Å². The van der Waals surface area contributed by atoms with Crippen LogP contribution in [0.15, 0.2) is 18.2 Å². The van der Waals surface area contributed by atoms with Crippen LogP contribution in [0, 0.1) is 0 Å². The van der Waals surface area contributed by atoms with Gasteiger partial charge in [-0.3, -0.25) is 0 Å². The van der Waals surface area contributed by atoms with Crippen molar-refractivity contribution in [2.75, 3.05) is 20.3 Å². The van der Waals surface area contributed by atoms with E-state index in [1.165, 1.54) is 24.8 Å². The van der Waals surface area contributed by atoms with E-state index in [1.807, 2.05) is 6.07 Å². The van der Waals surface area contributed by atoms with E-state index < -0.39 is 0 Å². The summed E-state index contributed by atoms with van der Waals surface area (Å²) in [5.74, 6) is 1.72. The number of methoxy groups -OCH3 is 1. The molecular weight excluding hydrogens is 250 g/mol. The molecule has 0 amide bonds. The Morgan fingerprint density at radius 3 is 2.85 bits per heavy atom. The number of hydrogen-bond donors (Lipinski definition) is 1. The van der Waals surface area contributed by atoms with Crippen LogP contribution in [0.5, 0.6) is 11.5 Å². The van der Waals surface area contributed by atoms with Crippen LogP contribution in [0.25, 0.3) is 0 Å². The normalized spacial score (nSPS) is 18.8. The van der Waals surface area contributed by atoms with Gasteiger partial charge in [0.1, 0.15) is 0 Å². The van der Waals surface area contributed by atoms with Gasteiger partial charge in [0.05, 0.1) is 13.7 Å². The van der Waals surface area contributed by atoms with Crippen molar-refractivity contribution in [2.45, 2.75) is 51.5 Å². The van der Waals surface area contributed by atoms with E-state index in [2.05, 4.69) is 24.4 Å². The summed E-state index contributed by atoms with van der Waals surface area (Å²) in [6.45, 7) is 4.09. The van der Waals surface area contributed by atoms with E-state index in [0.717, 1.165) is 43.9 Å². The van der Waals surface area contributed by atoms with Crippen LogP contribution < -0.4 is 14.8 Å². The molecule has 0 aliphatic carbocycles. The quantitative estimate of drug-likeness (QED) is 0.826. The lowest BCUT2D eigenvalue weighted by atomic mass is 10.0. The molecule has 1 saturated heterocycles. The highest BCUT2D eigenvalue weighted by atomic mass is 16.5. The molecule has 3 heteroatoms. The van der Waals surface area contributed by atoms with Crippen LogP contribution in [0.1, 0.15) is 44.6 Å². The summed E-state index contributed by atoms with van der Waals surface area (Å²) >= 11 is 0. The molecule has 0 aromatic heterocycles. The van der Waals surface area contributed by atoms with Gasteiger partial charge in [0, 0.05) is 6.04 Å². The van der Waals surface area contributed by atoms with Gasteiger partial charge in [-0.2, -0.15) is 0 Å². The molecule has 1 aliphatic heterocycles. The zero-order valence-electron chi connectivity index (χ0n) is 12.8. The number of hydrogen-bond acceptors (Lipinski definition) is 3. The lowest BCUT2D eigenvalue weighted by molar-refractivity contribution is 0.257. The summed E-state index contributed by atoms with van der Waals surface area (Å²) in [6.07, 6.45) is 7.23. The topological polar surface area (TPSA) is 30.5 Å². The van der Waals surface area contributed by atoms with Crippen molar-refractivity contribution >= 4 is 0 Å². The minimum atomic E-state index is 0.620. The molecule has 1 fully saturated rings. The summed E-state index contributed by atoms with van der Waals surface area (Å²) in [4.78, 5) is 0. The van der Waals surface area contributed by atoms with Crippen molar-refractivity contribution in [2.24, 2.45) is 0 Å². The van der Waals surface area contributed by atoms with Gasteiger partial charge in [-0.15, -0.1) is 0 Å². The number of benzene rings is 1. The van der Waals surface area contributed by atoms with Crippen molar-refractivity contribution in [1.82, 2.24) is 5.32 Å². The fourth-order valence-electron chi connectivity index (χ4n) is 2.76. The molecule has 0 bridgehead atoms. The summed E-state index contributed by atoms with van der Waals surface area (Å²) < 4.78 is 11.3. The highest BCUT2D eigenvalue weighted by molar-refractivity contribution is 5.43. The van der Waals surface area contributed by atoms with E-state index in [1.54, 1.807) is 7.11 Å². The Labute approximate surface area is 122 Å². The average molecular weight is 277 g/mol. The van der Waals surface area contributed by atoms with E-state index in [0.29, 0.717) is 6.04 Å². The molecule has 3 nitrogen and oxygen atoms in total. The zero-order valence-corrected chi connectivity index (χ0v) is 12.8. The van der Waals surface area contributed by atoms with Crippen LogP contribution in [0.2, 0.25) is 0 Å². The first-order valence-corrected chi connectivity index (χ1v) is 7.86. The summed E-state index contributed by atoms with van der Waals surface area (Å²) in [5.41, 5.74) is 1.31. The molecule has 1 N–H and O–H groups in total. The second-order valence-electron chi connectivity index (χ2n) is 5.52. The summed E-state index contributed by atoms with van der Waals surface area (Å²) in [7, 11) is 1.71. The van der Waals surface area contributed by atoms with E-state index >= 15 is 0 Å². The Morgan fingerprint density at radius 2 is 2.15 bits per heavy atom. The number of rotatable bonds is 7. The Bertz CT molecular complexity index is 400. The molecule has 112 valence electrons. The smallest absolute Gasteiger partial charge is 0.161 e. The third-order valence-electron chi connectivity index (χ3n) is 3.90. The Kier molecular flexibility index (Phi) is 6.19. The molecule has 1 atom stereocenters. The van der Waals surface area contributed by atoms with Crippen LogP contribution in [0.4, 0.5) is 0 Å². The first-order valence-electron chi connectivity index (χ1n) is 7.86. The molecule has 1 heterocycles. The number of aryl methyl sites for hydroxylation is 1. The standard InChI is InChI=1S/C17H27NO2/c1-3-6-14-8-9-16(17(13-14)19-2)20-12-10-15-7-4-5-11-18-15/h8-9,13,15,18H,3-7,10-12H2,1-2H3/t15-/m1/s1. The Balaban J connectivity index is 1.84. The van der Waals surface area contributed by atoms with Gasteiger partial charge in [0.25, 0.3) is 0 Å². The Hall–Kier alpha value is -1.22. The van der Waals surface area contributed by atoms with Crippen LogP contribution in [0.3, 0.4) is 0 Å². The monoisotopic (exact) mass is 277 g/mol. The third-order valence-corrected chi connectivity index (χ3v) is 3.90. The molecule has 1 aromatic carbocycles. The first-order chi connectivity index (χ1) is 9.83. The highest BCUT2D eigenvalue weighted by Crippen LogP contribution is 2.28. The molecule has 2 rings (SSSR count). The van der Waals surface area contributed by atoms with Crippen LogP contribution in [-0.4, -0.2) is 26.3 Å². The second-order valence-corrected chi connectivity index (χ2v) is 5.52. The molecular formula is C17H27NO2. The number of piperidine rings is 1. The van der Waals surface area contributed by atoms with Gasteiger partial charge < -0.3 is 14.8 Å². The highest BCUT2D eigenvalue weighted by Gasteiger charge is 2.13. The van der Waals surface area contributed by atoms with E-state index in [-0.39, 0.29) is 0 Å². The minimum absolute atomic E-state index is 0.620. The molecule has 0 saturated carbocycles. The maximum absolute atomic E-state index is 5.90. The van der Waals surface area contributed by atoms with E-state index in [4.69, 9.17) is 9.47 Å². The van der Waals surface area contributed by atoms with Crippen molar-refractivity contribution in [3.8, 4) is 11.5 Å². The van der Waals surface area contributed by atoms with Crippen molar-refractivity contribution in [1.29, 1.82) is 0 Å². The molecule has 0 spiro atoms. The lowest BCUT2D eigenvalue weighted by Crippen LogP contribution is -2.35.